The molecule has 1 aliphatic rings. The maximum absolute atomic E-state index is 11.3. The number of esters is 1. The minimum Gasteiger partial charge on any atom is -0.466 e. The summed E-state index contributed by atoms with van der Waals surface area (Å²) in [6.07, 6.45) is 0.979. The van der Waals surface area contributed by atoms with E-state index in [0.717, 1.165) is 0 Å². The van der Waals surface area contributed by atoms with Gasteiger partial charge in [-0.2, -0.15) is 0 Å². The molecule has 1 aliphatic heterocycles. The van der Waals surface area contributed by atoms with Crippen molar-refractivity contribution in [1.82, 2.24) is 0 Å². The highest BCUT2D eigenvalue weighted by atomic mass is 16.7. The third-order valence-corrected chi connectivity index (χ3v) is 3.36. The smallest absolute Gasteiger partial charge is 0.305 e. The molecular formula is C13H24O4. The summed E-state index contributed by atoms with van der Waals surface area (Å²) >= 11 is 0. The van der Waals surface area contributed by atoms with Crippen molar-refractivity contribution in [3.05, 3.63) is 0 Å². The van der Waals surface area contributed by atoms with Crippen LogP contribution in [0.5, 0.6) is 0 Å². The van der Waals surface area contributed by atoms with Crippen molar-refractivity contribution < 1.29 is 19.0 Å². The van der Waals surface area contributed by atoms with Gasteiger partial charge in [0.05, 0.1) is 25.7 Å². The zero-order valence-corrected chi connectivity index (χ0v) is 11.5. The maximum atomic E-state index is 11.3. The molecule has 0 aromatic carbocycles. The lowest BCUT2D eigenvalue weighted by Crippen LogP contribution is -2.50. The van der Waals surface area contributed by atoms with E-state index in [2.05, 4.69) is 13.8 Å². The molecule has 0 amide bonds. The number of ether oxygens (including phenoxy) is 3. The van der Waals surface area contributed by atoms with E-state index in [0.29, 0.717) is 26.1 Å². The first-order chi connectivity index (χ1) is 7.79. The van der Waals surface area contributed by atoms with Crippen LogP contribution in [-0.2, 0) is 19.0 Å². The van der Waals surface area contributed by atoms with E-state index < -0.39 is 5.79 Å². The lowest BCUT2D eigenvalue weighted by molar-refractivity contribution is -0.319. The van der Waals surface area contributed by atoms with Gasteiger partial charge in [0.15, 0.2) is 5.79 Å². The Kier molecular flexibility index (Phi) is 4.55. The van der Waals surface area contributed by atoms with Crippen molar-refractivity contribution in [2.45, 2.75) is 59.4 Å². The molecule has 4 heteroatoms. The third kappa shape index (κ3) is 3.96. The Morgan fingerprint density at radius 3 is 2.59 bits per heavy atom. The van der Waals surface area contributed by atoms with Gasteiger partial charge in [-0.05, 0) is 20.8 Å². The SMILES string of the molecule is CCOC(=O)CC[C@@]1(C)OCC(C)(C)[C@@H](C)O1. The van der Waals surface area contributed by atoms with Gasteiger partial charge in [-0.3, -0.25) is 4.79 Å². The Bertz CT molecular complexity index is 275. The van der Waals surface area contributed by atoms with E-state index in [-0.39, 0.29) is 17.5 Å². The molecule has 4 nitrogen and oxygen atoms in total. The van der Waals surface area contributed by atoms with Crippen LogP contribution in [0.3, 0.4) is 0 Å². The molecule has 0 aromatic rings. The topological polar surface area (TPSA) is 44.8 Å². The molecule has 1 heterocycles. The van der Waals surface area contributed by atoms with Crippen LogP contribution in [-0.4, -0.2) is 31.1 Å². The number of hydrogen-bond acceptors (Lipinski definition) is 4. The van der Waals surface area contributed by atoms with Gasteiger partial charge in [0, 0.05) is 11.8 Å². The summed E-state index contributed by atoms with van der Waals surface area (Å²) in [5.74, 6) is -0.861. The fraction of sp³-hybridized carbons (Fsp3) is 0.923. The number of rotatable bonds is 4. The zero-order valence-electron chi connectivity index (χ0n) is 11.5. The van der Waals surface area contributed by atoms with E-state index >= 15 is 0 Å². The maximum Gasteiger partial charge on any atom is 0.305 e. The van der Waals surface area contributed by atoms with Gasteiger partial charge < -0.3 is 14.2 Å². The summed E-state index contributed by atoms with van der Waals surface area (Å²) in [7, 11) is 0. The molecule has 100 valence electrons. The molecule has 1 saturated heterocycles. The van der Waals surface area contributed by atoms with Gasteiger partial charge in [0.2, 0.25) is 0 Å². The van der Waals surface area contributed by atoms with Gasteiger partial charge in [-0.15, -0.1) is 0 Å². The van der Waals surface area contributed by atoms with Crippen molar-refractivity contribution in [2.24, 2.45) is 5.41 Å². The largest absolute Gasteiger partial charge is 0.466 e. The molecule has 0 saturated carbocycles. The van der Waals surface area contributed by atoms with Crippen LogP contribution < -0.4 is 0 Å². The molecule has 2 atom stereocenters. The average Bonchev–Trinajstić information content (AvgIpc) is 2.23. The fourth-order valence-electron chi connectivity index (χ4n) is 1.72. The summed E-state index contributed by atoms with van der Waals surface area (Å²) in [5, 5.41) is 0. The van der Waals surface area contributed by atoms with Crippen molar-refractivity contribution in [2.75, 3.05) is 13.2 Å². The van der Waals surface area contributed by atoms with Crippen molar-refractivity contribution in [3.8, 4) is 0 Å². The van der Waals surface area contributed by atoms with Gasteiger partial charge in [-0.25, -0.2) is 0 Å². The lowest BCUT2D eigenvalue weighted by atomic mass is 9.87. The minimum absolute atomic E-state index is 0.0173. The zero-order chi connectivity index (χ0) is 13.1. The van der Waals surface area contributed by atoms with E-state index in [1.807, 2.05) is 13.8 Å². The standard InChI is InChI=1S/C13H24O4/c1-6-15-11(14)7-8-13(5)16-9-12(3,4)10(2)17-13/h10H,6-9H2,1-5H3/t10-,13+/m1/s1. The Morgan fingerprint density at radius 2 is 2.06 bits per heavy atom. The van der Waals surface area contributed by atoms with E-state index in [1.165, 1.54) is 0 Å². The molecule has 0 aromatic heterocycles. The average molecular weight is 244 g/mol. The molecule has 0 unspecified atom stereocenters. The Balaban J connectivity index is 2.46. The third-order valence-electron chi connectivity index (χ3n) is 3.36. The highest BCUT2D eigenvalue weighted by Gasteiger charge is 2.41. The van der Waals surface area contributed by atoms with Crippen LogP contribution in [0, 0.1) is 5.41 Å². The summed E-state index contributed by atoms with van der Waals surface area (Å²) in [6.45, 7) is 11.0. The number of hydrogen-bond donors (Lipinski definition) is 0. The highest BCUT2D eigenvalue weighted by molar-refractivity contribution is 5.69. The second-order valence-corrected chi connectivity index (χ2v) is 5.48. The molecule has 0 N–H and O–H groups in total. The Hall–Kier alpha value is -0.610. The molecule has 0 bridgehead atoms. The number of carbonyl (C=O) groups excluding carboxylic acids is 1. The lowest BCUT2D eigenvalue weighted by Gasteiger charge is -2.46. The van der Waals surface area contributed by atoms with Crippen LogP contribution in [0.4, 0.5) is 0 Å². The summed E-state index contributed by atoms with van der Waals surface area (Å²) < 4.78 is 16.5. The van der Waals surface area contributed by atoms with Crippen molar-refractivity contribution in [3.63, 3.8) is 0 Å². The Labute approximate surface area is 104 Å². The summed E-state index contributed by atoms with van der Waals surface area (Å²) in [4.78, 5) is 11.3. The van der Waals surface area contributed by atoms with Crippen molar-refractivity contribution >= 4 is 5.97 Å². The second-order valence-electron chi connectivity index (χ2n) is 5.48. The van der Waals surface area contributed by atoms with Crippen LogP contribution in [0.2, 0.25) is 0 Å². The van der Waals surface area contributed by atoms with Crippen molar-refractivity contribution in [1.29, 1.82) is 0 Å². The van der Waals surface area contributed by atoms with Crippen LogP contribution in [0.15, 0.2) is 0 Å². The highest BCUT2D eigenvalue weighted by Crippen LogP contribution is 2.36. The molecule has 0 aliphatic carbocycles. The quantitative estimate of drug-likeness (QED) is 0.713. The molecule has 1 fully saturated rings. The summed E-state index contributed by atoms with van der Waals surface area (Å²) in [5.41, 5.74) is 0.0173. The first-order valence-electron chi connectivity index (χ1n) is 6.26. The fourth-order valence-corrected chi connectivity index (χ4v) is 1.72. The summed E-state index contributed by atoms with van der Waals surface area (Å²) in [6, 6.07) is 0. The minimum atomic E-state index is -0.665. The molecular weight excluding hydrogens is 220 g/mol. The van der Waals surface area contributed by atoms with Crippen LogP contribution in [0.25, 0.3) is 0 Å². The second kappa shape index (κ2) is 5.36. The van der Waals surface area contributed by atoms with E-state index in [4.69, 9.17) is 14.2 Å². The molecule has 17 heavy (non-hydrogen) atoms. The predicted octanol–water partition coefficient (Wildman–Crippen LogP) is 2.51. The van der Waals surface area contributed by atoms with Crippen LogP contribution >= 0.6 is 0 Å². The number of carbonyl (C=O) groups is 1. The van der Waals surface area contributed by atoms with E-state index in [1.54, 1.807) is 6.92 Å². The predicted molar refractivity (Wildman–Crippen MR) is 64.6 cm³/mol. The first-order valence-corrected chi connectivity index (χ1v) is 6.26. The van der Waals surface area contributed by atoms with Gasteiger partial charge in [-0.1, -0.05) is 13.8 Å². The normalized spacial score (nSPS) is 32.2. The molecule has 0 radical (unpaired) electrons. The van der Waals surface area contributed by atoms with Gasteiger partial charge >= 0.3 is 5.97 Å². The Morgan fingerprint density at radius 1 is 1.41 bits per heavy atom. The van der Waals surface area contributed by atoms with E-state index in [9.17, 15) is 4.79 Å². The van der Waals surface area contributed by atoms with Gasteiger partial charge in [0.1, 0.15) is 0 Å². The first kappa shape index (κ1) is 14.5. The monoisotopic (exact) mass is 244 g/mol. The molecule has 0 spiro atoms. The molecule has 1 rings (SSSR count). The van der Waals surface area contributed by atoms with Gasteiger partial charge in [0.25, 0.3) is 0 Å². The van der Waals surface area contributed by atoms with Crippen LogP contribution in [0.1, 0.15) is 47.5 Å².